The van der Waals surface area contributed by atoms with Crippen molar-refractivity contribution in [1.82, 2.24) is 15.4 Å². The van der Waals surface area contributed by atoms with Crippen molar-refractivity contribution in [3.8, 4) is 0 Å². The first-order valence-corrected chi connectivity index (χ1v) is 11.5. The second-order valence-electron chi connectivity index (χ2n) is 7.86. The Balaban J connectivity index is 2.02. The molecule has 0 bridgehead atoms. The van der Waals surface area contributed by atoms with Gasteiger partial charge in [0, 0.05) is 36.9 Å². The number of hydrogen-bond acceptors (Lipinski definition) is 4. The molecular weight excluding hydrogens is 381 g/mol. The van der Waals surface area contributed by atoms with E-state index in [2.05, 4.69) is 25.2 Å². The van der Waals surface area contributed by atoms with Gasteiger partial charge in [-0.1, -0.05) is 6.07 Å². The molecular formula is C19H32FN5O2S. The van der Waals surface area contributed by atoms with Gasteiger partial charge in [0.2, 0.25) is 10.0 Å². The molecule has 9 heteroatoms. The molecule has 1 aliphatic heterocycles. The maximum atomic E-state index is 13.5. The highest BCUT2D eigenvalue weighted by Gasteiger charge is 2.24. The van der Waals surface area contributed by atoms with Crippen molar-refractivity contribution >= 4 is 21.7 Å². The van der Waals surface area contributed by atoms with Crippen molar-refractivity contribution < 1.29 is 12.8 Å². The molecule has 1 heterocycles. The first-order chi connectivity index (χ1) is 13.1. The zero-order valence-corrected chi connectivity index (χ0v) is 17.9. The lowest BCUT2D eigenvalue weighted by Gasteiger charge is -2.35. The fourth-order valence-electron chi connectivity index (χ4n) is 3.33. The van der Waals surface area contributed by atoms with Crippen molar-refractivity contribution in [2.45, 2.75) is 45.2 Å². The van der Waals surface area contributed by atoms with E-state index < -0.39 is 15.6 Å². The van der Waals surface area contributed by atoms with E-state index in [1.165, 1.54) is 6.07 Å². The number of hydrogen-bond donors (Lipinski definition) is 3. The molecule has 7 nitrogen and oxygen atoms in total. The number of nitrogens with one attached hydrogen (secondary N) is 3. The van der Waals surface area contributed by atoms with Crippen LogP contribution in [-0.4, -0.2) is 58.4 Å². The van der Waals surface area contributed by atoms with E-state index >= 15 is 0 Å². The van der Waals surface area contributed by atoms with Crippen molar-refractivity contribution in [1.29, 1.82) is 0 Å². The van der Waals surface area contributed by atoms with Gasteiger partial charge in [0.1, 0.15) is 5.82 Å². The maximum absolute atomic E-state index is 13.5. The van der Waals surface area contributed by atoms with E-state index in [1.54, 1.807) is 26.0 Å². The Hall–Kier alpha value is -1.87. The van der Waals surface area contributed by atoms with Gasteiger partial charge in [-0.15, -0.1) is 0 Å². The number of piperidine rings is 1. The third-order valence-electron chi connectivity index (χ3n) is 4.37. The van der Waals surface area contributed by atoms with Gasteiger partial charge < -0.3 is 15.5 Å². The van der Waals surface area contributed by atoms with Crippen molar-refractivity contribution in [2.24, 2.45) is 4.99 Å². The third-order valence-corrected chi connectivity index (χ3v) is 5.30. The first-order valence-electron chi connectivity index (χ1n) is 9.62. The Bertz CT molecular complexity index is 782. The molecule has 1 unspecified atom stereocenters. The summed E-state index contributed by atoms with van der Waals surface area (Å²) in [5.41, 5.74) is 0.197. The summed E-state index contributed by atoms with van der Waals surface area (Å²) in [5, 5.41) is 6.65. The third kappa shape index (κ3) is 7.63. The number of guanidine groups is 1. The summed E-state index contributed by atoms with van der Waals surface area (Å²) in [5.74, 6) is 0.417. The molecule has 0 aromatic heterocycles. The lowest BCUT2D eigenvalue weighted by molar-refractivity contribution is 0.454. The molecule has 2 rings (SSSR count). The van der Waals surface area contributed by atoms with Crippen LogP contribution in [0.1, 0.15) is 33.6 Å². The van der Waals surface area contributed by atoms with Crippen LogP contribution in [0.3, 0.4) is 0 Å². The van der Waals surface area contributed by atoms with Crippen LogP contribution in [0.4, 0.5) is 10.1 Å². The van der Waals surface area contributed by atoms with Gasteiger partial charge in [0.15, 0.2) is 5.96 Å². The maximum Gasteiger partial charge on any atom is 0.209 e. The lowest BCUT2D eigenvalue weighted by atomic mass is 10.0. The largest absolute Gasteiger partial charge is 0.369 e. The molecule has 1 fully saturated rings. The topological polar surface area (TPSA) is 85.8 Å². The number of anilines is 1. The fourth-order valence-corrected chi connectivity index (χ4v) is 4.39. The zero-order valence-electron chi connectivity index (χ0n) is 17.1. The molecule has 0 saturated carbocycles. The minimum atomic E-state index is -3.31. The number of benzene rings is 1. The minimum Gasteiger partial charge on any atom is -0.369 e. The lowest BCUT2D eigenvalue weighted by Crippen LogP contribution is -2.52. The Morgan fingerprint density at radius 1 is 1.39 bits per heavy atom. The van der Waals surface area contributed by atoms with E-state index in [-0.39, 0.29) is 11.9 Å². The molecule has 1 saturated heterocycles. The number of sulfonamides is 1. The first kappa shape index (κ1) is 22.4. The average Bonchev–Trinajstić information content (AvgIpc) is 2.58. The van der Waals surface area contributed by atoms with Gasteiger partial charge in [-0.05, 0) is 51.8 Å². The van der Waals surface area contributed by atoms with Gasteiger partial charge in [0.05, 0.1) is 12.8 Å². The second-order valence-corrected chi connectivity index (χ2v) is 9.61. The highest BCUT2D eigenvalue weighted by molar-refractivity contribution is 7.88. The summed E-state index contributed by atoms with van der Waals surface area (Å²) < 4.78 is 39.1. The van der Waals surface area contributed by atoms with Crippen LogP contribution in [0.2, 0.25) is 0 Å². The molecule has 158 valence electrons. The van der Waals surface area contributed by atoms with Crippen LogP contribution in [-0.2, 0) is 10.0 Å². The van der Waals surface area contributed by atoms with Crippen LogP contribution in [0.5, 0.6) is 0 Å². The molecule has 1 atom stereocenters. The van der Waals surface area contributed by atoms with Gasteiger partial charge in [-0.3, -0.25) is 4.99 Å². The Morgan fingerprint density at radius 3 is 2.79 bits per heavy atom. The monoisotopic (exact) mass is 413 g/mol. The molecule has 0 spiro atoms. The number of halogens is 1. The highest BCUT2D eigenvalue weighted by atomic mass is 32.2. The Labute approximate surface area is 167 Å². The Morgan fingerprint density at radius 2 is 2.14 bits per heavy atom. The van der Waals surface area contributed by atoms with E-state index in [4.69, 9.17) is 0 Å². The summed E-state index contributed by atoms with van der Waals surface area (Å²) in [6.45, 7) is 8.22. The van der Waals surface area contributed by atoms with E-state index in [0.29, 0.717) is 19.0 Å². The van der Waals surface area contributed by atoms with Crippen LogP contribution in [0.15, 0.2) is 29.3 Å². The summed E-state index contributed by atoms with van der Waals surface area (Å²) in [6.07, 6.45) is 3.13. The van der Waals surface area contributed by atoms with Crippen LogP contribution >= 0.6 is 0 Å². The zero-order chi connectivity index (χ0) is 20.8. The minimum absolute atomic E-state index is 0.167. The summed E-state index contributed by atoms with van der Waals surface area (Å²) >= 11 is 0. The van der Waals surface area contributed by atoms with E-state index in [9.17, 15) is 12.8 Å². The molecule has 1 aromatic rings. The molecule has 0 radical (unpaired) electrons. The van der Waals surface area contributed by atoms with Crippen molar-refractivity contribution in [2.75, 3.05) is 37.3 Å². The molecule has 1 aliphatic rings. The highest BCUT2D eigenvalue weighted by Crippen LogP contribution is 2.20. The standard InChI is InChI=1S/C19H32FN5O2S/c1-5-21-18(22-14-19(2,3)24-28(4,26)27)23-16-9-7-11-25(13-16)17-10-6-8-15(20)12-17/h6,8,10,12,16,24H,5,7,9,11,13-14H2,1-4H3,(H2,21,22,23). The van der Waals surface area contributed by atoms with E-state index in [1.807, 2.05) is 13.0 Å². The van der Waals surface area contributed by atoms with Gasteiger partial charge in [0.25, 0.3) is 0 Å². The second kappa shape index (κ2) is 9.56. The smallest absolute Gasteiger partial charge is 0.209 e. The summed E-state index contributed by atoms with van der Waals surface area (Å²) in [4.78, 5) is 6.73. The molecule has 28 heavy (non-hydrogen) atoms. The average molecular weight is 414 g/mol. The SMILES string of the molecule is CCNC(=NCC(C)(C)NS(C)(=O)=O)NC1CCCN(c2cccc(F)c2)C1. The van der Waals surface area contributed by atoms with Gasteiger partial charge in [-0.2, -0.15) is 0 Å². The number of nitrogens with zero attached hydrogens (tertiary/aromatic N) is 2. The van der Waals surface area contributed by atoms with Crippen LogP contribution in [0, 0.1) is 5.82 Å². The van der Waals surface area contributed by atoms with Crippen molar-refractivity contribution in [3.05, 3.63) is 30.1 Å². The fraction of sp³-hybridized carbons (Fsp3) is 0.632. The molecule has 1 aromatic carbocycles. The Kier molecular flexibility index (Phi) is 7.65. The normalized spacial score (nSPS) is 18.8. The molecule has 3 N–H and O–H groups in total. The predicted molar refractivity (Wildman–Crippen MR) is 113 cm³/mol. The molecule has 0 amide bonds. The number of rotatable bonds is 7. The van der Waals surface area contributed by atoms with Crippen molar-refractivity contribution in [3.63, 3.8) is 0 Å². The summed E-state index contributed by atoms with van der Waals surface area (Å²) in [7, 11) is -3.31. The van der Waals surface area contributed by atoms with Crippen LogP contribution in [0.25, 0.3) is 0 Å². The van der Waals surface area contributed by atoms with Gasteiger partial charge in [-0.25, -0.2) is 17.5 Å². The summed E-state index contributed by atoms with van der Waals surface area (Å²) in [6, 6.07) is 6.82. The van der Waals surface area contributed by atoms with E-state index in [0.717, 1.165) is 37.9 Å². The quantitative estimate of drug-likeness (QED) is 0.468. The molecule has 0 aliphatic carbocycles. The number of aliphatic imine (C=N–C) groups is 1. The van der Waals surface area contributed by atoms with Gasteiger partial charge >= 0.3 is 0 Å². The van der Waals surface area contributed by atoms with Crippen LogP contribution < -0.4 is 20.3 Å². The predicted octanol–water partition coefficient (Wildman–Crippen LogP) is 1.68.